The van der Waals surface area contributed by atoms with Crippen molar-refractivity contribution in [1.29, 1.82) is 0 Å². The lowest BCUT2D eigenvalue weighted by Crippen LogP contribution is -2.21. The molecular weight excluding hydrogens is 348 g/mol. The summed E-state index contributed by atoms with van der Waals surface area (Å²) in [4.78, 5) is 15.7. The first-order chi connectivity index (χ1) is 11.3. The lowest BCUT2D eigenvalue weighted by molar-refractivity contribution is 0.470. The summed E-state index contributed by atoms with van der Waals surface area (Å²) in [7, 11) is -3.48. The second-order valence-corrected chi connectivity index (χ2v) is 7.84. The minimum absolute atomic E-state index is 0.0206. The number of nitrogens with zero attached hydrogens (tertiary/aromatic N) is 1. The molecule has 6 nitrogen and oxygen atoms in total. The Balaban J connectivity index is 2.39. The third kappa shape index (κ3) is 2.63. The van der Waals surface area contributed by atoms with Gasteiger partial charge in [-0.1, -0.05) is 19.1 Å². The van der Waals surface area contributed by atoms with Crippen LogP contribution in [0.1, 0.15) is 6.92 Å². The maximum absolute atomic E-state index is 12.7. The summed E-state index contributed by atoms with van der Waals surface area (Å²) in [5.74, 6) is -0.321. The van der Waals surface area contributed by atoms with Gasteiger partial charge in [-0.25, -0.2) is 13.0 Å². The lowest BCUT2D eigenvalue weighted by Gasteiger charge is -2.11. The van der Waals surface area contributed by atoms with E-state index in [1.807, 2.05) is 0 Å². The molecule has 24 heavy (non-hydrogen) atoms. The zero-order chi connectivity index (χ0) is 17.5. The number of phenolic OH excluding ortho intramolecular Hbond substituents is 1. The summed E-state index contributed by atoms with van der Waals surface area (Å²) < 4.78 is 25.3. The van der Waals surface area contributed by atoms with Gasteiger partial charge >= 0.3 is 0 Å². The molecule has 2 aromatic carbocycles. The Morgan fingerprint density at radius 2 is 1.92 bits per heavy atom. The van der Waals surface area contributed by atoms with Crippen LogP contribution in [0.25, 0.3) is 16.6 Å². The number of benzene rings is 2. The van der Waals surface area contributed by atoms with Crippen molar-refractivity contribution < 1.29 is 13.5 Å². The van der Waals surface area contributed by atoms with Crippen molar-refractivity contribution >= 4 is 33.0 Å². The Kier molecular flexibility index (Phi) is 4.02. The van der Waals surface area contributed by atoms with Crippen molar-refractivity contribution in [1.82, 2.24) is 9.55 Å². The molecule has 0 saturated carbocycles. The van der Waals surface area contributed by atoms with Gasteiger partial charge in [-0.2, -0.15) is 0 Å². The molecule has 0 aliphatic carbocycles. The molecule has 124 valence electrons. The Bertz CT molecular complexity index is 1160. The second-order valence-electron chi connectivity index (χ2n) is 5.17. The average Bonchev–Trinajstić information content (AvgIpc) is 2.56. The average molecular weight is 362 g/mol. The maximum atomic E-state index is 12.7. The number of phenols is 1. The predicted molar refractivity (Wildman–Crippen MR) is 94.1 cm³/mol. The van der Waals surface area contributed by atoms with Gasteiger partial charge in [-0.05, 0) is 42.5 Å². The summed E-state index contributed by atoms with van der Waals surface area (Å²) in [6.07, 6.45) is 0. The summed E-state index contributed by atoms with van der Waals surface area (Å²) >= 11 is 5.22. The fraction of sp³-hybridized carbons (Fsp3) is 0.125. The van der Waals surface area contributed by atoms with Crippen LogP contribution in [0, 0.1) is 4.77 Å². The van der Waals surface area contributed by atoms with Crippen LogP contribution in [-0.2, 0) is 9.84 Å². The van der Waals surface area contributed by atoms with Gasteiger partial charge in [-0.3, -0.25) is 4.79 Å². The molecule has 0 unspecified atom stereocenters. The highest BCUT2D eigenvalue weighted by atomic mass is 32.2. The lowest BCUT2D eigenvalue weighted by atomic mass is 10.2. The van der Waals surface area contributed by atoms with Gasteiger partial charge in [0.25, 0.3) is 5.56 Å². The van der Waals surface area contributed by atoms with E-state index >= 15 is 0 Å². The molecule has 8 heteroatoms. The number of fused-ring (bicyclic) bond motifs is 1. The number of aromatic hydroxyl groups is 1. The van der Waals surface area contributed by atoms with E-state index in [9.17, 15) is 18.3 Å². The normalized spacial score (nSPS) is 11.7. The number of aromatic amines is 1. The van der Waals surface area contributed by atoms with Gasteiger partial charge in [0.15, 0.2) is 14.6 Å². The zero-order valence-corrected chi connectivity index (χ0v) is 14.3. The monoisotopic (exact) mass is 362 g/mol. The zero-order valence-electron chi connectivity index (χ0n) is 12.7. The summed E-state index contributed by atoms with van der Waals surface area (Å²) in [6, 6.07) is 10.6. The molecule has 0 saturated heterocycles. The number of sulfone groups is 1. The van der Waals surface area contributed by atoms with E-state index < -0.39 is 15.4 Å². The maximum Gasteiger partial charge on any atom is 0.266 e. The number of aromatic nitrogens is 2. The fourth-order valence-corrected chi connectivity index (χ4v) is 3.61. The van der Waals surface area contributed by atoms with Crippen molar-refractivity contribution in [3.63, 3.8) is 0 Å². The minimum atomic E-state index is -3.48. The van der Waals surface area contributed by atoms with Crippen LogP contribution in [0.2, 0.25) is 0 Å². The van der Waals surface area contributed by atoms with Crippen LogP contribution < -0.4 is 5.56 Å². The Hall–Kier alpha value is -2.45. The van der Waals surface area contributed by atoms with E-state index in [4.69, 9.17) is 12.2 Å². The summed E-state index contributed by atoms with van der Waals surface area (Å²) in [5, 5.41) is 10.5. The number of hydrogen-bond acceptors (Lipinski definition) is 5. The number of hydrogen-bond donors (Lipinski definition) is 2. The first kappa shape index (κ1) is 16.4. The molecule has 0 aliphatic rings. The molecular formula is C16H14N2O4S2. The quantitative estimate of drug-likeness (QED) is 0.699. The topological polar surface area (TPSA) is 92.2 Å². The van der Waals surface area contributed by atoms with E-state index in [0.29, 0.717) is 10.9 Å². The standard InChI is InChI=1S/C16H14N2O4S2/c1-2-24(21,22)10-7-8-14(19)13(9-10)18-15(20)11-5-3-4-6-12(11)17-16(18)23/h3-9,19H,2H2,1H3,(H,17,23). The molecule has 0 aliphatic heterocycles. The van der Waals surface area contributed by atoms with Crippen LogP contribution in [0.5, 0.6) is 5.75 Å². The van der Waals surface area contributed by atoms with E-state index in [2.05, 4.69) is 4.98 Å². The molecule has 3 aromatic rings. The number of nitrogens with one attached hydrogen (secondary N) is 1. The smallest absolute Gasteiger partial charge is 0.266 e. The van der Waals surface area contributed by atoms with Crippen LogP contribution in [0.4, 0.5) is 0 Å². The van der Waals surface area contributed by atoms with Crippen molar-refractivity contribution in [2.45, 2.75) is 11.8 Å². The van der Waals surface area contributed by atoms with Crippen molar-refractivity contribution in [3.05, 3.63) is 57.6 Å². The van der Waals surface area contributed by atoms with Gasteiger partial charge in [0.2, 0.25) is 0 Å². The molecule has 0 spiro atoms. The Morgan fingerprint density at radius 1 is 1.21 bits per heavy atom. The molecule has 0 fully saturated rings. The fourth-order valence-electron chi connectivity index (χ4n) is 2.42. The Labute approximate surface area is 142 Å². The van der Waals surface area contributed by atoms with E-state index in [1.165, 1.54) is 25.1 Å². The first-order valence-corrected chi connectivity index (χ1v) is 9.21. The molecule has 1 aromatic heterocycles. The summed E-state index contributed by atoms with van der Waals surface area (Å²) in [5.41, 5.74) is 0.165. The number of rotatable bonds is 3. The van der Waals surface area contributed by atoms with E-state index in [0.717, 1.165) is 4.57 Å². The largest absolute Gasteiger partial charge is 0.506 e. The van der Waals surface area contributed by atoms with Gasteiger partial charge in [-0.15, -0.1) is 0 Å². The van der Waals surface area contributed by atoms with Gasteiger partial charge in [0.05, 0.1) is 27.2 Å². The highest BCUT2D eigenvalue weighted by molar-refractivity contribution is 7.91. The molecule has 0 bridgehead atoms. The highest BCUT2D eigenvalue weighted by Crippen LogP contribution is 2.25. The Morgan fingerprint density at radius 3 is 2.62 bits per heavy atom. The van der Waals surface area contributed by atoms with Crippen molar-refractivity contribution in [2.24, 2.45) is 0 Å². The molecule has 3 rings (SSSR count). The van der Waals surface area contributed by atoms with Crippen LogP contribution >= 0.6 is 12.2 Å². The van der Waals surface area contributed by atoms with E-state index in [1.54, 1.807) is 24.3 Å². The second kappa shape index (κ2) is 5.88. The van der Waals surface area contributed by atoms with E-state index in [-0.39, 0.29) is 26.9 Å². The van der Waals surface area contributed by atoms with Crippen LogP contribution in [-0.4, -0.2) is 28.8 Å². The molecule has 2 N–H and O–H groups in total. The van der Waals surface area contributed by atoms with Crippen molar-refractivity contribution in [3.8, 4) is 11.4 Å². The van der Waals surface area contributed by atoms with Crippen molar-refractivity contribution in [2.75, 3.05) is 5.75 Å². The SMILES string of the molecule is CCS(=O)(=O)c1ccc(O)c(-n2c(=S)[nH]c3ccccc3c2=O)c1. The third-order valence-corrected chi connectivity index (χ3v) is 5.75. The predicted octanol–water partition coefficient (Wildman–Crippen LogP) is 2.55. The highest BCUT2D eigenvalue weighted by Gasteiger charge is 2.17. The van der Waals surface area contributed by atoms with Gasteiger partial charge in [0.1, 0.15) is 5.75 Å². The molecule has 1 heterocycles. The van der Waals surface area contributed by atoms with Gasteiger partial charge < -0.3 is 10.1 Å². The summed E-state index contributed by atoms with van der Waals surface area (Å²) in [6.45, 7) is 1.52. The first-order valence-electron chi connectivity index (χ1n) is 7.15. The number of para-hydroxylation sites is 1. The van der Waals surface area contributed by atoms with Crippen LogP contribution in [0.15, 0.2) is 52.2 Å². The molecule has 0 amide bonds. The van der Waals surface area contributed by atoms with Gasteiger partial charge in [0, 0.05) is 0 Å². The minimum Gasteiger partial charge on any atom is -0.506 e. The third-order valence-electron chi connectivity index (χ3n) is 3.73. The number of H-pyrrole nitrogens is 1. The van der Waals surface area contributed by atoms with Crippen LogP contribution in [0.3, 0.4) is 0 Å². The molecule has 0 atom stereocenters. The molecule has 0 radical (unpaired) electrons.